The highest BCUT2D eigenvalue weighted by Crippen LogP contribution is 2.44. The lowest BCUT2D eigenvalue weighted by Gasteiger charge is -2.37. The second-order valence-electron chi connectivity index (χ2n) is 8.21. The van der Waals surface area contributed by atoms with Crippen LogP contribution in [0.4, 0.5) is 0 Å². The second-order valence-corrected chi connectivity index (χ2v) is 10.00. The van der Waals surface area contributed by atoms with Crippen molar-refractivity contribution in [2.45, 2.75) is 51.2 Å². The number of hydrogen-bond donors (Lipinski definition) is 0. The molecule has 0 spiro atoms. The molecule has 2 aliphatic heterocycles. The molecular formula is C25H27NOS2. The van der Waals surface area contributed by atoms with Crippen molar-refractivity contribution in [1.29, 1.82) is 0 Å². The molecule has 29 heavy (non-hydrogen) atoms. The van der Waals surface area contributed by atoms with E-state index in [9.17, 15) is 0 Å². The normalized spacial score (nSPS) is 21.5. The van der Waals surface area contributed by atoms with Crippen molar-refractivity contribution in [3.63, 3.8) is 0 Å². The van der Waals surface area contributed by atoms with Crippen LogP contribution in [0.1, 0.15) is 47.3 Å². The highest BCUT2D eigenvalue weighted by molar-refractivity contribution is 7.10. The predicted octanol–water partition coefficient (Wildman–Crippen LogP) is 6.76. The van der Waals surface area contributed by atoms with Gasteiger partial charge in [-0.05, 0) is 95.3 Å². The van der Waals surface area contributed by atoms with E-state index in [1.807, 2.05) is 17.4 Å². The molecule has 2 aromatic heterocycles. The largest absolute Gasteiger partial charge is 0.497 e. The van der Waals surface area contributed by atoms with E-state index in [1.54, 1.807) is 28.9 Å². The van der Waals surface area contributed by atoms with E-state index in [1.165, 1.54) is 47.9 Å². The zero-order chi connectivity index (χ0) is 19.8. The maximum atomic E-state index is 5.52. The summed E-state index contributed by atoms with van der Waals surface area (Å²) in [5.41, 5.74) is 7.17. The Balaban J connectivity index is 1.50. The maximum absolute atomic E-state index is 5.52. The molecule has 0 radical (unpaired) electrons. The number of ether oxygens (including phenoxy) is 1. The number of rotatable bonds is 5. The van der Waals surface area contributed by atoms with Crippen molar-refractivity contribution in [2.75, 3.05) is 7.11 Å². The van der Waals surface area contributed by atoms with E-state index in [0.717, 1.165) is 12.3 Å². The third-order valence-electron chi connectivity index (χ3n) is 6.55. The highest BCUT2D eigenvalue weighted by atomic mass is 32.1. The average molecular weight is 422 g/mol. The van der Waals surface area contributed by atoms with Crippen molar-refractivity contribution in [2.24, 2.45) is 0 Å². The first kappa shape index (κ1) is 19.1. The molecular weight excluding hydrogens is 394 g/mol. The summed E-state index contributed by atoms with van der Waals surface area (Å²) in [6.45, 7) is 3.37. The number of methoxy groups -OCH3 is 1. The number of aryl methyl sites for hydroxylation is 1. The fraction of sp³-hybridized carbons (Fsp3) is 0.360. The van der Waals surface area contributed by atoms with Crippen LogP contribution in [0.15, 0.2) is 58.1 Å². The Labute approximate surface area is 181 Å². The third-order valence-corrected chi connectivity index (χ3v) is 8.24. The summed E-state index contributed by atoms with van der Waals surface area (Å²) in [6.07, 6.45) is 5.02. The van der Waals surface area contributed by atoms with E-state index in [-0.39, 0.29) is 0 Å². The lowest BCUT2D eigenvalue weighted by Crippen LogP contribution is -2.40. The van der Waals surface area contributed by atoms with Crippen LogP contribution in [-0.4, -0.2) is 24.1 Å². The van der Waals surface area contributed by atoms with Crippen LogP contribution >= 0.6 is 22.7 Å². The monoisotopic (exact) mass is 421 g/mol. The van der Waals surface area contributed by atoms with Crippen molar-refractivity contribution < 1.29 is 4.74 Å². The fourth-order valence-corrected chi connectivity index (χ4v) is 6.62. The topological polar surface area (TPSA) is 12.5 Å². The summed E-state index contributed by atoms with van der Waals surface area (Å²) >= 11 is 3.70. The molecule has 0 amide bonds. The van der Waals surface area contributed by atoms with Crippen LogP contribution in [0.25, 0.3) is 5.57 Å². The van der Waals surface area contributed by atoms with Gasteiger partial charge in [0.2, 0.25) is 0 Å². The molecule has 0 saturated carbocycles. The molecule has 2 nitrogen and oxygen atoms in total. The molecule has 2 atom stereocenters. The van der Waals surface area contributed by atoms with Gasteiger partial charge in [-0.3, -0.25) is 4.90 Å². The summed E-state index contributed by atoms with van der Waals surface area (Å²) in [6, 6.07) is 14.5. The van der Waals surface area contributed by atoms with E-state index in [4.69, 9.17) is 4.74 Å². The third kappa shape index (κ3) is 3.70. The van der Waals surface area contributed by atoms with Crippen LogP contribution in [0.3, 0.4) is 0 Å². The summed E-state index contributed by atoms with van der Waals surface area (Å²) in [5, 5.41) is 6.73. The smallest absolute Gasteiger partial charge is 0.119 e. The molecule has 5 rings (SSSR count). The number of benzene rings is 1. The van der Waals surface area contributed by atoms with Crippen molar-refractivity contribution in [3.05, 3.63) is 79.7 Å². The first-order valence-electron chi connectivity index (χ1n) is 10.4. The van der Waals surface area contributed by atoms with Crippen LogP contribution in [0, 0.1) is 6.92 Å². The zero-order valence-corrected chi connectivity index (χ0v) is 18.7. The van der Waals surface area contributed by atoms with Gasteiger partial charge in [0.15, 0.2) is 0 Å². The van der Waals surface area contributed by atoms with Gasteiger partial charge in [-0.1, -0.05) is 17.7 Å². The van der Waals surface area contributed by atoms with Gasteiger partial charge in [0, 0.05) is 23.5 Å². The van der Waals surface area contributed by atoms with E-state index < -0.39 is 0 Å². The Hall–Kier alpha value is -1.88. The molecule has 2 saturated heterocycles. The number of fused-ring (bicyclic) bond motifs is 2. The lowest BCUT2D eigenvalue weighted by atomic mass is 9.86. The molecule has 2 bridgehead atoms. The maximum Gasteiger partial charge on any atom is 0.119 e. The minimum absolute atomic E-state index is 0.671. The summed E-state index contributed by atoms with van der Waals surface area (Å²) < 4.78 is 5.52. The van der Waals surface area contributed by atoms with Crippen molar-refractivity contribution >= 4 is 28.2 Å². The van der Waals surface area contributed by atoms with Crippen LogP contribution in [0.5, 0.6) is 5.75 Å². The Bertz CT molecular complexity index is 1000. The summed E-state index contributed by atoms with van der Waals surface area (Å²) in [5.74, 6) is 0.935. The quantitative estimate of drug-likeness (QED) is 0.451. The van der Waals surface area contributed by atoms with Gasteiger partial charge >= 0.3 is 0 Å². The van der Waals surface area contributed by atoms with Gasteiger partial charge in [0.1, 0.15) is 5.75 Å². The number of piperidine rings is 1. The van der Waals surface area contributed by atoms with Gasteiger partial charge in [-0.2, -0.15) is 11.3 Å². The standard InChI is InChI=1S/C25H27NOS2/c1-17-8-11-29-24(17)15-26-21-6-7-22(26)13-20(12-21)25(19-9-10-28-16-19)18-4-3-5-23(14-18)27-2/h3-5,8-11,14,16,21-22H,6-7,12-13,15H2,1-2H3. The molecule has 2 unspecified atom stereocenters. The first-order valence-corrected chi connectivity index (χ1v) is 12.2. The van der Waals surface area contributed by atoms with Crippen LogP contribution < -0.4 is 4.74 Å². The molecule has 2 aliphatic rings. The van der Waals surface area contributed by atoms with Gasteiger partial charge in [-0.15, -0.1) is 11.3 Å². The van der Waals surface area contributed by atoms with E-state index >= 15 is 0 Å². The number of nitrogens with zero attached hydrogens (tertiary/aromatic N) is 1. The molecule has 2 fully saturated rings. The Kier molecular flexibility index (Phi) is 5.33. The van der Waals surface area contributed by atoms with Crippen LogP contribution in [0.2, 0.25) is 0 Å². The fourth-order valence-electron chi connectivity index (χ4n) is 5.06. The molecule has 4 heterocycles. The Morgan fingerprint density at radius 1 is 1.07 bits per heavy atom. The number of thiophene rings is 2. The minimum Gasteiger partial charge on any atom is -0.497 e. The van der Waals surface area contributed by atoms with E-state index in [2.05, 4.69) is 58.3 Å². The summed E-state index contributed by atoms with van der Waals surface area (Å²) in [7, 11) is 1.75. The average Bonchev–Trinajstić information content (AvgIpc) is 3.45. The van der Waals surface area contributed by atoms with Crippen LogP contribution in [-0.2, 0) is 6.54 Å². The van der Waals surface area contributed by atoms with E-state index in [0.29, 0.717) is 12.1 Å². The van der Waals surface area contributed by atoms with Gasteiger partial charge in [0.05, 0.1) is 7.11 Å². The van der Waals surface area contributed by atoms with Gasteiger partial charge in [-0.25, -0.2) is 0 Å². The second kappa shape index (κ2) is 8.10. The molecule has 1 aromatic carbocycles. The number of hydrogen-bond acceptors (Lipinski definition) is 4. The Morgan fingerprint density at radius 2 is 1.90 bits per heavy atom. The first-order chi connectivity index (χ1) is 14.2. The molecule has 0 N–H and O–H groups in total. The van der Waals surface area contributed by atoms with Crippen molar-refractivity contribution in [3.8, 4) is 5.75 Å². The molecule has 150 valence electrons. The minimum atomic E-state index is 0.671. The zero-order valence-electron chi connectivity index (χ0n) is 17.1. The lowest BCUT2D eigenvalue weighted by molar-refractivity contribution is 0.159. The Morgan fingerprint density at radius 3 is 2.55 bits per heavy atom. The van der Waals surface area contributed by atoms with Gasteiger partial charge in [0.25, 0.3) is 0 Å². The predicted molar refractivity (Wildman–Crippen MR) is 124 cm³/mol. The molecule has 0 aliphatic carbocycles. The highest BCUT2D eigenvalue weighted by Gasteiger charge is 2.39. The van der Waals surface area contributed by atoms with Gasteiger partial charge < -0.3 is 4.74 Å². The summed E-state index contributed by atoms with van der Waals surface area (Å²) in [4.78, 5) is 4.33. The molecule has 3 aromatic rings. The molecule has 4 heteroatoms. The SMILES string of the molecule is COc1cccc(C(=C2CC3CCC(C2)N3Cc2sccc2C)c2ccsc2)c1. The van der Waals surface area contributed by atoms with Crippen molar-refractivity contribution in [1.82, 2.24) is 4.90 Å².